The minimum absolute atomic E-state index is 0.486. The van der Waals surface area contributed by atoms with Crippen molar-refractivity contribution in [2.75, 3.05) is 25.1 Å². The molecule has 21 heavy (non-hydrogen) atoms. The quantitative estimate of drug-likeness (QED) is 0.813. The van der Waals surface area contributed by atoms with Gasteiger partial charge < -0.3 is 20.5 Å². The van der Waals surface area contributed by atoms with Crippen molar-refractivity contribution in [3.63, 3.8) is 0 Å². The molecule has 1 heterocycles. The zero-order chi connectivity index (χ0) is 15.1. The monoisotopic (exact) mass is 288 g/mol. The number of rotatable bonds is 7. The Morgan fingerprint density at radius 2 is 2.10 bits per heavy atom. The van der Waals surface area contributed by atoms with E-state index in [1.807, 2.05) is 38.1 Å². The predicted octanol–water partition coefficient (Wildman–Crippen LogP) is 2.26. The van der Waals surface area contributed by atoms with Crippen molar-refractivity contribution in [1.82, 2.24) is 9.97 Å². The van der Waals surface area contributed by atoms with E-state index in [1.54, 1.807) is 0 Å². The van der Waals surface area contributed by atoms with E-state index in [9.17, 15) is 0 Å². The number of benzene rings is 1. The smallest absolute Gasteiger partial charge is 0.221 e. The van der Waals surface area contributed by atoms with E-state index < -0.39 is 0 Å². The van der Waals surface area contributed by atoms with Crippen LogP contribution in [0.25, 0.3) is 0 Å². The fourth-order valence-corrected chi connectivity index (χ4v) is 1.82. The van der Waals surface area contributed by atoms with Crippen molar-refractivity contribution < 1.29 is 9.47 Å². The Labute approximate surface area is 124 Å². The Morgan fingerprint density at radius 3 is 2.86 bits per heavy atom. The Balaban J connectivity index is 2.16. The summed E-state index contributed by atoms with van der Waals surface area (Å²) in [4.78, 5) is 8.36. The van der Waals surface area contributed by atoms with Gasteiger partial charge in [0, 0.05) is 18.3 Å². The second kappa shape index (κ2) is 7.44. The lowest BCUT2D eigenvalue weighted by atomic mass is 10.2. The maximum atomic E-state index is 5.50. The average molecular weight is 288 g/mol. The minimum Gasteiger partial charge on any atom is -0.492 e. The molecule has 0 aliphatic carbocycles. The summed E-state index contributed by atoms with van der Waals surface area (Å²) in [5, 5.41) is 3.25. The lowest BCUT2D eigenvalue weighted by Gasteiger charge is -2.12. The average Bonchev–Trinajstić information content (AvgIpc) is 2.50. The van der Waals surface area contributed by atoms with Crippen LogP contribution >= 0.6 is 0 Å². The van der Waals surface area contributed by atoms with Crippen LogP contribution in [0.5, 0.6) is 11.6 Å². The fraction of sp³-hybridized carbons (Fsp3) is 0.333. The van der Waals surface area contributed by atoms with Gasteiger partial charge in [0.25, 0.3) is 0 Å². The van der Waals surface area contributed by atoms with E-state index in [-0.39, 0.29) is 0 Å². The Hall–Kier alpha value is -2.34. The van der Waals surface area contributed by atoms with Crippen molar-refractivity contribution >= 4 is 11.5 Å². The molecule has 2 aromatic rings. The van der Waals surface area contributed by atoms with E-state index in [2.05, 4.69) is 15.3 Å². The molecule has 0 aliphatic heterocycles. The highest BCUT2D eigenvalue weighted by Crippen LogP contribution is 2.25. The standard InChI is InChI=1S/C15H20N4O2/c1-3-20-15-11(2)14(17-10-18-15)19-12-5-4-6-13(9-12)21-8-7-16/h4-6,9-10H,3,7-8,16H2,1-2H3,(H,17,18,19). The molecule has 3 N–H and O–H groups in total. The van der Waals surface area contributed by atoms with Gasteiger partial charge in [-0.25, -0.2) is 9.97 Å². The maximum absolute atomic E-state index is 5.50. The number of ether oxygens (including phenoxy) is 2. The Morgan fingerprint density at radius 1 is 1.24 bits per heavy atom. The zero-order valence-corrected chi connectivity index (χ0v) is 12.3. The van der Waals surface area contributed by atoms with Crippen LogP contribution < -0.4 is 20.5 Å². The van der Waals surface area contributed by atoms with Crippen LogP contribution in [-0.4, -0.2) is 29.7 Å². The summed E-state index contributed by atoms with van der Waals surface area (Å²) in [5.74, 6) is 2.07. The van der Waals surface area contributed by atoms with Gasteiger partial charge in [0.15, 0.2) is 0 Å². The van der Waals surface area contributed by atoms with Gasteiger partial charge in [0.2, 0.25) is 5.88 Å². The van der Waals surface area contributed by atoms with E-state index >= 15 is 0 Å². The first-order valence-corrected chi connectivity index (χ1v) is 6.89. The molecule has 0 amide bonds. The van der Waals surface area contributed by atoms with Crippen molar-refractivity contribution in [1.29, 1.82) is 0 Å². The molecule has 1 aromatic carbocycles. The molecule has 1 aromatic heterocycles. The number of anilines is 2. The summed E-state index contributed by atoms with van der Waals surface area (Å²) in [7, 11) is 0. The van der Waals surface area contributed by atoms with Crippen molar-refractivity contribution in [2.24, 2.45) is 5.73 Å². The van der Waals surface area contributed by atoms with Gasteiger partial charge >= 0.3 is 0 Å². The van der Waals surface area contributed by atoms with Crippen molar-refractivity contribution in [3.05, 3.63) is 36.2 Å². The second-order valence-electron chi connectivity index (χ2n) is 4.38. The van der Waals surface area contributed by atoms with Crippen molar-refractivity contribution in [3.8, 4) is 11.6 Å². The van der Waals surface area contributed by atoms with Crippen LogP contribution in [0, 0.1) is 6.92 Å². The van der Waals surface area contributed by atoms with Gasteiger partial charge in [-0.3, -0.25) is 0 Å². The molecule has 0 fully saturated rings. The SMILES string of the molecule is CCOc1ncnc(Nc2cccc(OCCN)c2)c1C. The molecule has 112 valence electrons. The molecule has 0 saturated heterocycles. The molecular formula is C15H20N4O2. The Kier molecular flexibility index (Phi) is 5.34. The summed E-state index contributed by atoms with van der Waals surface area (Å²) in [5.41, 5.74) is 7.18. The first-order valence-electron chi connectivity index (χ1n) is 6.89. The van der Waals surface area contributed by atoms with Gasteiger partial charge in [-0.1, -0.05) is 6.07 Å². The summed E-state index contributed by atoms with van der Waals surface area (Å²) >= 11 is 0. The van der Waals surface area contributed by atoms with Gasteiger partial charge in [-0.15, -0.1) is 0 Å². The lowest BCUT2D eigenvalue weighted by Crippen LogP contribution is -2.10. The highest BCUT2D eigenvalue weighted by Gasteiger charge is 2.08. The summed E-state index contributed by atoms with van der Waals surface area (Å²) < 4.78 is 11.0. The molecule has 0 radical (unpaired) electrons. The topological polar surface area (TPSA) is 82.3 Å². The fourth-order valence-electron chi connectivity index (χ4n) is 1.82. The van der Waals surface area contributed by atoms with Gasteiger partial charge in [-0.05, 0) is 26.0 Å². The molecule has 0 unspecified atom stereocenters. The first-order chi connectivity index (χ1) is 10.2. The van der Waals surface area contributed by atoms with E-state index in [0.717, 1.165) is 17.0 Å². The predicted molar refractivity (Wildman–Crippen MR) is 82.2 cm³/mol. The molecule has 2 rings (SSSR count). The van der Waals surface area contributed by atoms with E-state index in [1.165, 1.54) is 6.33 Å². The van der Waals surface area contributed by atoms with Crippen LogP contribution in [0.3, 0.4) is 0 Å². The largest absolute Gasteiger partial charge is 0.492 e. The number of nitrogens with zero attached hydrogens (tertiary/aromatic N) is 2. The highest BCUT2D eigenvalue weighted by atomic mass is 16.5. The molecule has 0 saturated carbocycles. The summed E-state index contributed by atoms with van der Waals surface area (Å²) in [6.07, 6.45) is 1.48. The third-order valence-electron chi connectivity index (χ3n) is 2.80. The van der Waals surface area contributed by atoms with E-state index in [4.69, 9.17) is 15.2 Å². The minimum atomic E-state index is 0.486. The third kappa shape index (κ3) is 4.06. The van der Waals surface area contributed by atoms with Gasteiger partial charge in [0.1, 0.15) is 24.5 Å². The zero-order valence-electron chi connectivity index (χ0n) is 12.3. The number of nitrogens with one attached hydrogen (secondary N) is 1. The normalized spacial score (nSPS) is 10.2. The van der Waals surface area contributed by atoms with Crippen LogP contribution in [0.15, 0.2) is 30.6 Å². The summed E-state index contributed by atoms with van der Waals surface area (Å²) in [6, 6.07) is 7.64. The van der Waals surface area contributed by atoms with Crippen LogP contribution in [0.1, 0.15) is 12.5 Å². The highest BCUT2D eigenvalue weighted by molar-refractivity contribution is 5.61. The first kappa shape index (κ1) is 15.1. The van der Waals surface area contributed by atoms with Crippen LogP contribution in [0.4, 0.5) is 11.5 Å². The Bertz CT molecular complexity index is 590. The molecular weight excluding hydrogens is 268 g/mol. The second-order valence-corrected chi connectivity index (χ2v) is 4.38. The molecule has 0 atom stereocenters. The van der Waals surface area contributed by atoms with Crippen molar-refractivity contribution in [2.45, 2.75) is 13.8 Å². The third-order valence-corrected chi connectivity index (χ3v) is 2.80. The van der Waals surface area contributed by atoms with Crippen LogP contribution in [0.2, 0.25) is 0 Å². The molecule has 0 bridgehead atoms. The van der Waals surface area contributed by atoms with Gasteiger partial charge in [0.05, 0.1) is 12.2 Å². The molecule has 0 spiro atoms. The summed E-state index contributed by atoms with van der Waals surface area (Å²) in [6.45, 7) is 5.39. The number of hydrogen-bond acceptors (Lipinski definition) is 6. The number of aromatic nitrogens is 2. The van der Waals surface area contributed by atoms with Crippen LogP contribution in [-0.2, 0) is 0 Å². The molecule has 6 heteroatoms. The maximum Gasteiger partial charge on any atom is 0.221 e. The lowest BCUT2D eigenvalue weighted by molar-refractivity contribution is 0.324. The van der Waals surface area contributed by atoms with E-state index in [0.29, 0.717) is 31.5 Å². The number of hydrogen-bond donors (Lipinski definition) is 2. The molecule has 0 aliphatic rings. The molecule has 6 nitrogen and oxygen atoms in total. The van der Waals surface area contributed by atoms with Gasteiger partial charge in [-0.2, -0.15) is 0 Å². The number of nitrogens with two attached hydrogens (primary N) is 1.